The fourth-order valence-corrected chi connectivity index (χ4v) is 3.35. The molecule has 0 saturated heterocycles. The van der Waals surface area contributed by atoms with E-state index in [4.69, 9.17) is 0 Å². The third-order valence-electron chi connectivity index (χ3n) is 3.63. The zero-order valence-corrected chi connectivity index (χ0v) is 12.2. The quantitative estimate of drug-likeness (QED) is 0.907. The molecule has 0 fully saturated rings. The lowest BCUT2D eigenvalue weighted by Crippen LogP contribution is -2.07. The number of nitrogens with one attached hydrogen (secondary N) is 1. The third kappa shape index (κ3) is 2.16. The number of hydrogen-bond acceptors (Lipinski definition) is 3. The Labute approximate surface area is 117 Å². The molecule has 19 heavy (non-hydrogen) atoms. The third-order valence-corrected chi connectivity index (χ3v) is 4.78. The second-order valence-corrected chi connectivity index (χ2v) is 5.89. The van der Waals surface area contributed by atoms with Crippen LogP contribution in [0, 0.1) is 13.8 Å². The SMILES string of the molecule is Cc1cc([C@@H]2NN=C(c3ccccc3)S2)c(C)n1C. The van der Waals surface area contributed by atoms with E-state index < -0.39 is 0 Å². The maximum atomic E-state index is 4.46. The number of aryl methyl sites for hydroxylation is 1. The molecule has 3 rings (SSSR count). The monoisotopic (exact) mass is 271 g/mol. The van der Waals surface area contributed by atoms with Crippen LogP contribution < -0.4 is 5.43 Å². The predicted molar refractivity (Wildman–Crippen MR) is 81.3 cm³/mol. The summed E-state index contributed by atoms with van der Waals surface area (Å²) in [4.78, 5) is 0. The predicted octanol–water partition coefficient (Wildman–Crippen LogP) is 3.34. The van der Waals surface area contributed by atoms with Crippen molar-refractivity contribution in [1.82, 2.24) is 9.99 Å². The van der Waals surface area contributed by atoms with Crippen molar-refractivity contribution in [3.05, 3.63) is 58.9 Å². The van der Waals surface area contributed by atoms with Gasteiger partial charge in [0.05, 0.1) is 0 Å². The minimum Gasteiger partial charge on any atom is -0.352 e. The molecule has 1 atom stereocenters. The van der Waals surface area contributed by atoms with E-state index in [1.165, 1.54) is 22.5 Å². The van der Waals surface area contributed by atoms with Gasteiger partial charge in [-0.1, -0.05) is 42.1 Å². The summed E-state index contributed by atoms with van der Waals surface area (Å²) >= 11 is 1.78. The van der Waals surface area contributed by atoms with Crippen molar-refractivity contribution in [1.29, 1.82) is 0 Å². The van der Waals surface area contributed by atoms with Gasteiger partial charge in [0.2, 0.25) is 0 Å². The summed E-state index contributed by atoms with van der Waals surface area (Å²) in [7, 11) is 2.10. The first-order valence-corrected chi connectivity index (χ1v) is 7.23. The van der Waals surface area contributed by atoms with Gasteiger partial charge < -0.3 is 4.57 Å². The summed E-state index contributed by atoms with van der Waals surface area (Å²) in [6, 6.07) is 12.5. The molecule has 1 aliphatic rings. The Hall–Kier alpha value is -1.68. The molecular formula is C15H17N3S. The van der Waals surface area contributed by atoms with Crippen LogP contribution in [0.5, 0.6) is 0 Å². The van der Waals surface area contributed by atoms with Gasteiger partial charge in [0.1, 0.15) is 10.4 Å². The number of nitrogens with zero attached hydrogens (tertiary/aromatic N) is 2. The average Bonchev–Trinajstić information content (AvgIpc) is 3.01. The van der Waals surface area contributed by atoms with E-state index in [-0.39, 0.29) is 5.37 Å². The molecule has 3 nitrogen and oxygen atoms in total. The van der Waals surface area contributed by atoms with Crippen LogP contribution in [-0.2, 0) is 7.05 Å². The number of benzene rings is 1. The van der Waals surface area contributed by atoms with E-state index in [9.17, 15) is 0 Å². The molecule has 1 aromatic heterocycles. The van der Waals surface area contributed by atoms with Crippen molar-refractivity contribution in [2.24, 2.45) is 12.1 Å². The fraction of sp³-hybridized carbons (Fsp3) is 0.267. The maximum Gasteiger partial charge on any atom is 0.126 e. The lowest BCUT2D eigenvalue weighted by Gasteiger charge is -2.09. The first-order valence-electron chi connectivity index (χ1n) is 6.35. The Morgan fingerprint density at radius 1 is 1.21 bits per heavy atom. The maximum absolute atomic E-state index is 4.46. The summed E-state index contributed by atoms with van der Waals surface area (Å²) in [5.74, 6) is 0. The minimum absolute atomic E-state index is 0.218. The van der Waals surface area contributed by atoms with Crippen LogP contribution in [0.2, 0.25) is 0 Å². The fourth-order valence-electron chi connectivity index (χ4n) is 2.28. The van der Waals surface area contributed by atoms with Crippen molar-refractivity contribution in [3.63, 3.8) is 0 Å². The molecule has 0 unspecified atom stereocenters. The number of rotatable bonds is 2. The summed E-state index contributed by atoms with van der Waals surface area (Å²) < 4.78 is 2.22. The van der Waals surface area contributed by atoms with Crippen molar-refractivity contribution < 1.29 is 0 Å². The molecule has 2 heterocycles. The molecule has 98 valence electrons. The van der Waals surface area contributed by atoms with Crippen LogP contribution in [0.4, 0.5) is 0 Å². The lowest BCUT2D eigenvalue weighted by atomic mass is 10.2. The average molecular weight is 271 g/mol. The van der Waals surface area contributed by atoms with Crippen molar-refractivity contribution >= 4 is 16.8 Å². The lowest BCUT2D eigenvalue weighted by molar-refractivity contribution is 0.732. The Balaban J connectivity index is 1.83. The summed E-state index contributed by atoms with van der Waals surface area (Å²) in [6.07, 6.45) is 0. The highest BCUT2D eigenvalue weighted by molar-refractivity contribution is 8.14. The van der Waals surface area contributed by atoms with Crippen LogP contribution in [0.3, 0.4) is 0 Å². The highest BCUT2D eigenvalue weighted by Gasteiger charge is 2.25. The highest BCUT2D eigenvalue weighted by Crippen LogP contribution is 2.36. The molecule has 1 aromatic carbocycles. The zero-order chi connectivity index (χ0) is 13.4. The molecule has 0 radical (unpaired) electrons. The number of hydrazone groups is 1. The minimum atomic E-state index is 0.218. The zero-order valence-electron chi connectivity index (χ0n) is 11.3. The normalized spacial score (nSPS) is 18.3. The van der Waals surface area contributed by atoms with Gasteiger partial charge in [-0.15, -0.1) is 0 Å². The standard InChI is InChI=1S/C15H17N3S/c1-10-9-13(11(2)18(10)3)15-17-16-14(19-15)12-7-5-4-6-8-12/h4-9,15,17H,1-3H3/t15-/m1/s1. The van der Waals surface area contributed by atoms with Crippen LogP contribution in [0.25, 0.3) is 0 Å². The van der Waals surface area contributed by atoms with Gasteiger partial charge in [-0.05, 0) is 19.9 Å². The molecular weight excluding hydrogens is 254 g/mol. The number of thioether (sulfide) groups is 1. The molecule has 1 N–H and O–H groups in total. The molecule has 1 aliphatic heterocycles. The van der Waals surface area contributed by atoms with E-state index in [0.29, 0.717) is 0 Å². The first kappa shape index (κ1) is 12.4. The summed E-state index contributed by atoms with van der Waals surface area (Å²) in [6.45, 7) is 4.29. The van der Waals surface area contributed by atoms with Gasteiger partial charge in [0.25, 0.3) is 0 Å². The van der Waals surface area contributed by atoms with Gasteiger partial charge in [-0.25, -0.2) is 0 Å². The van der Waals surface area contributed by atoms with Crippen molar-refractivity contribution in [2.75, 3.05) is 0 Å². The van der Waals surface area contributed by atoms with Gasteiger partial charge in [0, 0.05) is 29.6 Å². The van der Waals surface area contributed by atoms with E-state index in [0.717, 1.165) is 5.04 Å². The summed E-state index contributed by atoms with van der Waals surface area (Å²) in [5.41, 5.74) is 8.31. The van der Waals surface area contributed by atoms with Gasteiger partial charge in [-0.2, -0.15) is 5.10 Å². The van der Waals surface area contributed by atoms with Crippen molar-refractivity contribution in [2.45, 2.75) is 19.2 Å². The second kappa shape index (κ2) is 4.78. The van der Waals surface area contributed by atoms with Gasteiger partial charge in [-0.3, -0.25) is 5.43 Å². The Kier molecular flexibility index (Phi) is 3.11. The van der Waals surface area contributed by atoms with Crippen molar-refractivity contribution in [3.8, 4) is 0 Å². The Morgan fingerprint density at radius 3 is 2.58 bits per heavy atom. The molecule has 0 saturated carbocycles. The molecule has 0 bridgehead atoms. The molecule has 0 amide bonds. The molecule has 4 heteroatoms. The van der Waals surface area contributed by atoms with Crippen LogP contribution >= 0.6 is 11.8 Å². The Bertz CT molecular complexity index is 628. The second-order valence-electron chi connectivity index (χ2n) is 4.80. The van der Waals surface area contributed by atoms with E-state index >= 15 is 0 Å². The summed E-state index contributed by atoms with van der Waals surface area (Å²) in [5, 5.41) is 5.74. The van der Waals surface area contributed by atoms with Gasteiger partial charge in [0.15, 0.2) is 0 Å². The number of aromatic nitrogens is 1. The van der Waals surface area contributed by atoms with Crippen LogP contribution in [0.1, 0.15) is 27.9 Å². The van der Waals surface area contributed by atoms with E-state index in [2.05, 4.69) is 54.2 Å². The first-order chi connectivity index (χ1) is 9.16. The Morgan fingerprint density at radius 2 is 1.95 bits per heavy atom. The largest absolute Gasteiger partial charge is 0.352 e. The van der Waals surface area contributed by atoms with E-state index in [1.807, 2.05) is 18.2 Å². The van der Waals surface area contributed by atoms with E-state index in [1.54, 1.807) is 11.8 Å². The highest BCUT2D eigenvalue weighted by atomic mass is 32.2. The molecule has 0 aliphatic carbocycles. The molecule has 0 spiro atoms. The van der Waals surface area contributed by atoms with Gasteiger partial charge >= 0.3 is 0 Å². The topological polar surface area (TPSA) is 29.3 Å². The van der Waals surface area contributed by atoms with Crippen LogP contribution in [0.15, 0.2) is 41.5 Å². The molecule has 2 aromatic rings. The van der Waals surface area contributed by atoms with Crippen LogP contribution in [-0.4, -0.2) is 9.61 Å². The smallest absolute Gasteiger partial charge is 0.126 e. The number of hydrogen-bond donors (Lipinski definition) is 1.